The lowest BCUT2D eigenvalue weighted by molar-refractivity contribution is -0.116. The number of nitrogens with zero attached hydrogens (tertiary/aromatic N) is 1. The van der Waals surface area contributed by atoms with Crippen LogP contribution in [0, 0.1) is 0 Å². The Labute approximate surface area is 184 Å². The van der Waals surface area contributed by atoms with E-state index < -0.39 is 10.0 Å². The number of carbonyl (C=O) groups excluding carboxylic acids is 2. The second-order valence-corrected chi connectivity index (χ2v) is 9.22. The molecule has 2 N–H and O–H groups in total. The maximum absolute atomic E-state index is 12.4. The van der Waals surface area contributed by atoms with Gasteiger partial charge in [0.2, 0.25) is 15.9 Å². The van der Waals surface area contributed by atoms with Crippen LogP contribution >= 0.6 is 0 Å². The normalized spacial score (nSPS) is 11.1. The first-order chi connectivity index (χ1) is 14.8. The van der Waals surface area contributed by atoms with Crippen LogP contribution in [-0.2, 0) is 21.2 Å². The van der Waals surface area contributed by atoms with Crippen molar-refractivity contribution in [2.75, 3.05) is 29.0 Å². The topological polar surface area (TPSA) is 95.6 Å². The average Bonchev–Trinajstić information content (AvgIpc) is 2.74. The predicted octanol–water partition coefficient (Wildman–Crippen LogP) is 3.57. The van der Waals surface area contributed by atoms with Crippen molar-refractivity contribution in [1.82, 2.24) is 5.32 Å². The lowest BCUT2D eigenvalue weighted by Gasteiger charge is -2.22. The van der Waals surface area contributed by atoms with Gasteiger partial charge in [0.05, 0.1) is 23.2 Å². The molecule has 7 nitrogen and oxygen atoms in total. The Morgan fingerprint density at radius 2 is 1.68 bits per heavy atom. The van der Waals surface area contributed by atoms with Gasteiger partial charge in [-0.1, -0.05) is 38.1 Å². The number of aryl methyl sites for hydroxylation is 1. The van der Waals surface area contributed by atoms with Gasteiger partial charge in [0.15, 0.2) is 0 Å². The molecule has 2 aromatic carbocycles. The summed E-state index contributed by atoms with van der Waals surface area (Å²) < 4.78 is 25.8. The summed E-state index contributed by atoms with van der Waals surface area (Å²) in [6.45, 7) is 4.75. The third kappa shape index (κ3) is 7.40. The summed E-state index contributed by atoms with van der Waals surface area (Å²) >= 11 is 0. The molecule has 8 heteroatoms. The highest BCUT2D eigenvalue weighted by Crippen LogP contribution is 2.20. The monoisotopic (exact) mass is 445 g/mol. The molecule has 0 aliphatic carbocycles. The van der Waals surface area contributed by atoms with E-state index in [1.54, 1.807) is 36.4 Å². The molecule has 0 aliphatic rings. The number of rotatable bonds is 11. The maximum atomic E-state index is 12.4. The average molecular weight is 446 g/mol. The summed E-state index contributed by atoms with van der Waals surface area (Å²) in [5.74, 6) is -0.512. The van der Waals surface area contributed by atoms with Crippen molar-refractivity contribution in [2.45, 2.75) is 39.5 Å². The Balaban J connectivity index is 1.99. The highest BCUT2D eigenvalue weighted by atomic mass is 32.2. The molecule has 2 aromatic rings. The summed E-state index contributed by atoms with van der Waals surface area (Å²) in [6.07, 6.45) is 3.32. The third-order valence-electron chi connectivity index (χ3n) is 4.78. The number of benzene rings is 2. The summed E-state index contributed by atoms with van der Waals surface area (Å²) in [5, 5.41) is 5.57. The van der Waals surface area contributed by atoms with E-state index in [0.717, 1.165) is 24.7 Å². The molecular formula is C23H31N3O4S. The van der Waals surface area contributed by atoms with Crippen LogP contribution in [0.1, 0.15) is 49.0 Å². The molecule has 0 aliphatic heterocycles. The lowest BCUT2D eigenvalue weighted by Crippen LogP contribution is -2.31. The molecule has 0 saturated heterocycles. The number of carbonyl (C=O) groups is 2. The molecule has 0 aromatic heterocycles. The molecule has 0 spiro atoms. The molecule has 0 heterocycles. The highest BCUT2D eigenvalue weighted by molar-refractivity contribution is 7.92. The Kier molecular flexibility index (Phi) is 9.05. The predicted molar refractivity (Wildman–Crippen MR) is 125 cm³/mol. The zero-order chi connectivity index (χ0) is 22.9. The van der Waals surface area contributed by atoms with E-state index in [2.05, 4.69) is 10.6 Å². The zero-order valence-corrected chi connectivity index (χ0v) is 19.2. The number of hydrogen-bond donors (Lipinski definition) is 2. The first-order valence-corrected chi connectivity index (χ1v) is 12.3. The second kappa shape index (κ2) is 11.5. The minimum absolute atomic E-state index is 0.129. The third-order valence-corrected chi connectivity index (χ3v) is 5.97. The Bertz CT molecular complexity index is 988. The summed E-state index contributed by atoms with van der Waals surface area (Å²) in [4.78, 5) is 24.7. The quantitative estimate of drug-likeness (QED) is 0.553. The summed E-state index contributed by atoms with van der Waals surface area (Å²) in [5.41, 5.74) is 2.55. The van der Waals surface area contributed by atoms with Crippen LogP contribution in [0.3, 0.4) is 0 Å². The van der Waals surface area contributed by atoms with Gasteiger partial charge in [-0.25, -0.2) is 8.42 Å². The van der Waals surface area contributed by atoms with Gasteiger partial charge < -0.3 is 10.6 Å². The first kappa shape index (κ1) is 24.4. The fourth-order valence-corrected chi connectivity index (χ4v) is 4.07. The Morgan fingerprint density at radius 3 is 2.29 bits per heavy atom. The van der Waals surface area contributed by atoms with Gasteiger partial charge in [0.25, 0.3) is 5.91 Å². The van der Waals surface area contributed by atoms with Gasteiger partial charge >= 0.3 is 0 Å². The fraction of sp³-hybridized carbons (Fsp3) is 0.391. The van der Waals surface area contributed by atoms with Crippen LogP contribution in [0.2, 0.25) is 0 Å². The van der Waals surface area contributed by atoms with E-state index in [1.807, 2.05) is 26.0 Å². The van der Waals surface area contributed by atoms with E-state index >= 15 is 0 Å². The highest BCUT2D eigenvalue weighted by Gasteiger charge is 2.18. The number of para-hydroxylation sites is 1. The van der Waals surface area contributed by atoms with Crippen molar-refractivity contribution in [3.05, 3.63) is 59.7 Å². The van der Waals surface area contributed by atoms with Crippen LogP contribution in [-0.4, -0.2) is 39.6 Å². The molecular weight excluding hydrogens is 414 g/mol. The second-order valence-electron chi connectivity index (χ2n) is 7.31. The smallest absolute Gasteiger partial charge is 0.253 e. The number of sulfonamides is 1. The minimum atomic E-state index is -3.47. The molecule has 31 heavy (non-hydrogen) atoms. The molecule has 0 bridgehead atoms. The SMILES string of the molecule is CCCNC(=O)c1ccccc1NC(=O)CCCN(c1ccc(CC)cc1)S(C)(=O)=O. The minimum Gasteiger partial charge on any atom is -0.352 e. The summed E-state index contributed by atoms with van der Waals surface area (Å²) in [6, 6.07) is 14.2. The number of nitrogens with one attached hydrogen (secondary N) is 2. The fourth-order valence-electron chi connectivity index (χ4n) is 3.10. The van der Waals surface area contributed by atoms with E-state index in [1.165, 1.54) is 4.31 Å². The Morgan fingerprint density at radius 1 is 1.00 bits per heavy atom. The van der Waals surface area contributed by atoms with Crippen molar-refractivity contribution in [1.29, 1.82) is 0 Å². The van der Waals surface area contributed by atoms with Crippen LogP contribution in [0.5, 0.6) is 0 Å². The molecule has 0 radical (unpaired) electrons. The number of anilines is 2. The molecule has 0 unspecified atom stereocenters. The van der Waals surface area contributed by atoms with Crippen LogP contribution in [0.15, 0.2) is 48.5 Å². The molecule has 2 rings (SSSR count). The molecule has 0 saturated carbocycles. The van der Waals surface area contributed by atoms with Gasteiger partial charge in [0.1, 0.15) is 0 Å². The van der Waals surface area contributed by atoms with E-state index in [0.29, 0.717) is 29.9 Å². The van der Waals surface area contributed by atoms with Gasteiger partial charge in [0, 0.05) is 19.5 Å². The van der Waals surface area contributed by atoms with Crippen LogP contribution in [0.4, 0.5) is 11.4 Å². The number of amides is 2. The van der Waals surface area contributed by atoms with Crippen LogP contribution < -0.4 is 14.9 Å². The first-order valence-electron chi connectivity index (χ1n) is 10.5. The number of hydrogen-bond acceptors (Lipinski definition) is 4. The van der Waals surface area contributed by atoms with Gasteiger partial charge in [-0.2, -0.15) is 0 Å². The van der Waals surface area contributed by atoms with Gasteiger partial charge in [-0.05, 0) is 49.1 Å². The molecule has 168 valence electrons. The van der Waals surface area contributed by atoms with Crippen molar-refractivity contribution in [2.24, 2.45) is 0 Å². The molecule has 0 fully saturated rings. The molecule has 2 amide bonds. The van der Waals surface area contributed by atoms with Crippen molar-refractivity contribution in [3.63, 3.8) is 0 Å². The van der Waals surface area contributed by atoms with E-state index in [-0.39, 0.29) is 24.8 Å². The largest absolute Gasteiger partial charge is 0.352 e. The van der Waals surface area contributed by atoms with Crippen LogP contribution in [0.25, 0.3) is 0 Å². The van der Waals surface area contributed by atoms with E-state index in [4.69, 9.17) is 0 Å². The van der Waals surface area contributed by atoms with Gasteiger partial charge in [-0.3, -0.25) is 13.9 Å². The zero-order valence-electron chi connectivity index (χ0n) is 18.3. The maximum Gasteiger partial charge on any atom is 0.253 e. The van der Waals surface area contributed by atoms with Crippen molar-refractivity contribution in [3.8, 4) is 0 Å². The van der Waals surface area contributed by atoms with Crippen molar-refractivity contribution >= 4 is 33.2 Å². The van der Waals surface area contributed by atoms with Crippen molar-refractivity contribution < 1.29 is 18.0 Å². The standard InChI is InChI=1S/C23H31N3O4S/c1-4-16-24-23(28)20-9-6-7-10-21(20)25-22(27)11-8-17-26(31(3,29)30)19-14-12-18(5-2)13-15-19/h6-7,9-10,12-15H,4-5,8,11,16-17H2,1-3H3,(H,24,28)(H,25,27). The lowest BCUT2D eigenvalue weighted by atomic mass is 10.1. The van der Waals surface area contributed by atoms with Gasteiger partial charge in [-0.15, -0.1) is 0 Å². The van der Waals surface area contributed by atoms with E-state index in [9.17, 15) is 18.0 Å². The Hall–Kier alpha value is -2.87. The molecule has 0 atom stereocenters. The summed E-state index contributed by atoms with van der Waals surface area (Å²) in [7, 11) is -3.47.